The van der Waals surface area contributed by atoms with Gasteiger partial charge in [0, 0.05) is 54.0 Å². The van der Waals surface area contributed by atoms with E-state index in [1.54, 1.807) is 33.7 Å². The molecule has 4 aromatic heterocycles. The second-order valence-electron chi connectivity index (χ2n) is 8.14. The van der Waals surface area contributed by atoms with Gasteiger partial charge in [0.05, 0.1) is 35.1 Å². The van der Waals surface area contributed by atoms with E-state index in [9.17, 15) is 17.2 Å². The molecule has 172 valence electrons. The standard InChI is InChI=1S/C24H19F2N5O2S/c1-30-12-17(10-27-30)15-3-6-24-21(11-28-31(24)13-15)16-7-19(14-34(2,32)33)29-23(8-16)20-5-4-18(25)9-22(20)26/h3-13H,14H2,1-2H3. The zero-order valence-electron chi connectivity index (χ0n) is 18.3. The van der Waals surface area contributed by atoms with Gasteiger partial charge in [0.2, 0.25) is 0 Å². The number of fused-ring (bicyclic) bond motifs is 1. The Bertz CT molecular complexity index is 1660. The summed E-state index contributed by atoms with van der Waals surface area (Å²) in [4.78, 5) is 4.35. The molecule has 34 heavy (non-hydrogen) atoms. The zero-order chi connectivity index (χ0) is 24.0. The van der Waals surface area contributed by atoms with Crippen molar-refractivity contribution < 1.29 is 17.2 Å². The fourth-order valence-electron chi connectivity index (χ4n) is 3.87. The van der Waals surface area contributed by atoms with Crippen molar-refractivity contribution in [2.24, 2.45) is 7.05 Å². The van der Waals surface area contributed by atoms with Gasteiger partial charge in [-0.15, -0.1) is 0 Å². The van der Waals surface area contributed by atoms with Crippen LogP contribution in [0.2, 0.25) is 0 Å². The Labute approximate surface area is 194 Å². The number of aromatic nitrogens is 5. The largest absolute Gasteiger partial charge is 0.275 e. The molecule has 0 N–H and O–H groups in total. The lowest BCUT2D eigenvalue weighted by Gasteiger charge is -2.10. The smallest absolute Gasteiger partial charge is 0.153 e. The fourth-order valence-corrected chi connectivity index (χ4v) is 4.55. The van der Waals surface area contributed by atoms with E-state index in [2.05, 4.69) is 15.2 Å². The molecule has 4 heterocycles. The van der Waals surface area contributed by atoms with Crippen molar-refractivity contribution in [2.75, 3.05) is 6.26 Å². The molecule has 5 rings (SSSR count). The zero-order valence-corrected chi connectivity index (χ0v) is 19.1. The van der Waals surface area contributed by atoms with Crippen LogP contribution in [0.15, 0.2) is 67.3 Å². The minimum Gasteiger partial charge on any atom is -0.275 e. The lowest BCUT2D eigenvalue weighted by molar-refractivity contribution is 0.585. The van der Waals surface area contributed by atoms with Crippen molar-refractivity contribution in [2.45, 2.75) is 5.75 Å². The number of sulfone groups is 1. The first-order valence-corrected chi connectivity index (χ1v) is 12.3. The number of rotatable bonds is 5. The van der Waals surface area contributed by atoms with E-state index in [0.29, 0.717) is 5.56 Å². The molecule has 0 bridgehead atoms. The highest BCUT2D eigenvalue weighted by Crippen LogP contribution is 2.32. The summed E-state index contributed by atoms with van der Waals surface area (Å²) in [6.07, 6.45) is 8.29. The van der Waals surface area contributed by atoms with Gasteiger partial charge in [-0.2, -0.15) is 10.2 Å². The van der Waals surface area contributed by atoms with Crippen molar-refractivity contribution in [3.8, 4) is 33.5 Å². The topological polar surface area (TPSA) is 82.1 Å². The second-order valence-corrected chi connectivity index (χ2v) is 10.3. The predicted molar refractivity (Wildman–Crippen MR) is 125 cm³/mol. The van der Waals surface area contributed by atoms with Gasteiger partial charge >= 0.3 is 0 Å². The minimum atomic E-state index is -3.40. The van der Waals surface area contributed by atoms with Crippen molar-refractivity contribution in [1.82, 2.24) is 24.4 Å². The maximum absolute atomic E-state index is 14.5. The van der Waals surface area contributed by atoms with Gasteiger partial charge in [-0.05, 0) is 35.9 Å². The van der Waals surface area contributed by atoms with Crippen LogP contribution >= 0.6 is 0 Å². The van der Waals surface area contributed by atoms with Gasteiger partial charge in [0.1, 0.15) is 11.6 Å². The predicted octanol–water partition coefficient (Wildman–Crippen LogP) is 4.29. The van der Waals surface area contributed by atoms with E-state index in [0.717, 1.165) is 40.6 Å². The van der Waals surface area contributed by atoms with Crippen molar-refractivity contribution >= 4 is 15.4 Å². The molecule has 10 heteroatoms. The van der Waals surface area contributed by atoms with E-state index in [1.165, 1.54) is 6.07 Å². The molecule has 1 aromatic carbocycles. The van der Waals surface area contributed by atoms with Gasteiger partial charge in [0.25, 0.3) is 0 Å². The summed E-state index contributed by atoms with van der Waals surface area (Å²) in [5.74, 6) is -1.81. The lowest BCUT2D eigenvalue weighted by Crippen LogP contribution is -2.04. The van der Waals surface area contributed by atoms with Crippen LogP contribution in [-0.2, 0) is 22.6 Å². The normalized spacial score (nSPS) is 11.9. The number of hydrogen-bond acceptors (Lipinski definition) is 5. The highest BCUT2D eigenvalue weighted by atomic mass is 32.2. The molecule has 0 aliphatic rings. The van der Waals surface area contributed by atoms with Crippen LogP contribution in [0.3, 0.4) is 0 Å². The minimum absolute atomic E-state index is 0.0772. The van der Waals surface area contributed by atoms with E-state index in [4.69, 9.17) is 0 Å². The Morgan fingerprint density at radius 2 is 1.71 bits per heavy atom. The highest BCUT2D eigenvalue weighted by molar-refractivity contribution is 7.89. The van der Waals surface area contributed by atoms with Gasteiger partial charge in [-0.1, -0.05) is 6.07 Å². The van der Waals surface area contributed by atoms with Gasteiger partial charge < -0.3 is 0 Å². The number of nitrogens with zero attached hydrogens (tertiary/aromatic N) is 5. The maximum atomic E-state index is 14.5. The quantitative estimate of drug-likeness (QED) is 0.376. The third kappa shape index (κ3) is 4.32. The summed E-state index contributed by atoms with van der Waals surface area (Å²) in [5.41, 5.74) is 4.52. The van der Waals surface area contributed by atoms with Crippen molar-refractivity contribution in [3.05, 3.63) is 84.6 Å². The summed E-state index contributed by atoms with van der Waals surface area (Å²) < 4.78 is 55.3. The average Bonchev–Trinajstić information content (AvgIpc) is 3.38. The molecule has 0 atom stereocenters. The monoisotopic (exact) mass is 479 g/mol. The third-order valence-electron chi connectivity index (χ3n) is 5.36. The molecule has 0 spiro atoms. The Morgan fingerprint density at radius 3 is 2.41 bits per heavy atom. The summed E-state index contributed by atoms with van der Waals surface area (Å²) >= 11 is 0. The van der Waals surface area contributed by atoms with Crippen LogP contribution in [-0.4, -0.2) is 39.1 Å². The number of pyridine rings is 2. The first-order valence-electron chi connectivity index (χ1n) is 10.3. The maximum Gasteiger partial charge on any atom is 0.153 e. The van der Waals surface area contributed by atoms with Gasteiger partial charge in [-0.3, -0.25) is 9.67 Å². The molecule has 0 saturated carbocycles. The molecule has 0 fully saturated rings. The van der Waals surface area contributed by atoms with Gasteiger partial charge in [0.15, 0.2) is 9.84 Å². The molecular weight excluding hydrogens is 460 g/mol. The number of aryl methyl sites for hydroxylation is 1. The van der Waals surface area contributed by atoms with E-state index >= 15 is 0 Å². The summed E-state index contributed by atoms with van der Waals surface area (Å²) in [6, 6.07) is 10.3. The van der Waals surface area contributed by atoms with E-state index in [-0.39, 0.29) is 22.7 Å². The number of hydrogen-bond donors (Lipinski definition) is 0. The van der Waals surface area contributed by atoms with E-state index < -0.39 is 21.5 Å². The lowest BCUT2D eigenvalue weighted by atomic mass is 10.0. The fraction of sp³-hybridized carbons (Fsp3) is 0.125. The first-order chi connectivity index (χ1) is 16.2. The Hall–Kier alpha value is -3.92. The van der Waals surface area contributed by atoms with Crippen LogP contribution in [0.5, 0.6) is 0 Å². The van der Waals surface area contributed by atoms with E-state index in [1.807, 2.05) is 31.6 Å². The molecule has 0 unspecified atom stereocenters. The molecule has 0 amide bonds. The number of halogens is 2. The van der Waals surface area contributed by atoms with Crippen LogP contribution < -0.4 is 0 Å². The Kier molecular flexibility index (Phi) is 5.24. The summed E-state index contributed by atoms with van der Waals surface area (Å²) in [5, 5.41) is 8.64. The Morgan fingerprint density at radius 1 is 0.882 bits per heavy atom. The van der Waals surface area contributed by atoms with Crippen molar-refractivity contribution in [1.29, 1.82) is 0 Å². The van der Waals surface area contributed by atoms with Gasteiger partial charge in [-0.25, -0.2) is 21.7 Å². The molecule has 0 aliphatic heterocycles. The molecule has 5 aromatic rings. The molecule has 0 radical (unpaired) electrons. The second kappa shape index (κ2) is 8.14. The molecule has 7 nitrogen and oxygen atoms in total. The Balaban J connectivity index is 1.65. The van der Waals surface area contributed by atoms with Crippen LogP contribution in [0.25, 0.3) is 39.0 Å². The summed E-state index contributed by atoms with van der Waals surface area (Å²) in [6.45, 7) is 0. The molecule has 0 saturated heterocycles. The third-order valence-corrected chi connectivity index (χ3v) is 6.18. The average molecular weight is 480 g/mol. The summed E-state index contributed by atoms with van der Waals surface area (Å²) in [7, 11) is -1.56. The SMILES string of the molecule is Cn1cc(-c2ccc3c(-c4cc(CS(C)(=O)=O)nc(-c5ccc(F)cc5F)c4)cnn3c2)cn1. The van der Waals surface area contributed by atoms with Crippen LogP contribution in [0, 0.1) is 11.6 Å². The van der Waals surface area contributed by atoms with Crippen LogP contribution in [0.4, 0.5) is 8.78 Å². The molecular formula is C24H19F2N5O2S. The number of benzene rings is 1. The molecule has 0 aliphatic carbocycles. The van der Waals surface area contributed by atoms with Crippen LogP contribution in [0.1, 0.15) is 5.69 Å². The van der Waals surface area contributed by atoms with Crippen molar-refractivity contribution in [3.63, 3.8) is 0 Å². The first kappa shape index (κ1) is 21.9. The highest BCUT2D eigenvalue weighted by Gasteiger charge is 2.16.